The number of fused-ring (bicyclic) bond motifs is 1. The Balaban J connectivity index is 2.26. The van der Waals surface area contributed by atoms with Gasteiger partial charge in [0, 0.05) is 12.5 Å². The fourth-order valence-electron chi connectivity index (χ4n) is 2.80. The minimum Gasteiger partial charge on any atom is -0.396 e. The van der Waals surface area contributed by atoms with Gasteiger partial charge in [0.15, 0.2) is 5.78 Å². The highest BCUT2D eigenvalue weighted by atomic mass is 16.3. The van der Waals surface area contributed by atoms with Gasteiger partial charge in [-0.25, -0.2) is 0 Å². The summed E-state index contributed by atoms with van der Waals surface area (Å²) in [5.41, 5.74) is 1.32. The lowest BCUT2D eigenvalue weighted by atomic mass is 9.48. The van der Waals surface area contributed by atoms with Crippen molar-refractivity contribution >= 4 is 5.78 Å². The molecule has 0 aliphatic heterocycles. The number of allylic oxidation sites excluding steroid dienone is 1. The minimum atomic E-state index is 0.149. The molecule has 72 valence electrons. The number of carbonyl (C=O) groups excluding carboxylic acids is 1. The van der Waals surface area contributed by atoms with E-state index in [1.807, 2.05) is 0 Å². The fraction of sp³-hybridized carbons (Fsp3) is 0.727. The van der Waals surface area contributed by atoms with Crippen molar-refractivity contribution in [3.05, 3.63) is 11.6 Å². The highest BCUT2D eigenvalue weighted by molar-refractivity contribution is 5.96. The SMILES string of the molecule is CC1(C)[C@@H]2C[C@H]1C(CCO)=CC2=O. The zero-order valence-corrected chi connectivity index (χ0v) is 8.21. The van der Waals surface area contributed by atoms with Crippen molar-refractivity contribution in [1.29, 1.82) is 0 Å². The number of aliphatic hydroxyl groups is 1. The van der Waals surface area contributed by atoms with Crippen molar-refractivity contribution in [2.45, 2.75) is 26.7 Å². The molecule has 3 aliphatic carbocycles. The van der Waals surface area contributed by atoms with Crippen LogP contribution >= 0.6 is 0 Å². The van der Waals surface area contributed by atoms with Crippen LogP contribution in [0.2, 0.25) is 0 Å². The van der Waals surface area contributed by atoms with Crippen molar-refractivity contribution < 1.29 is 9.90 Å². The Morgan fingerprint density at radius 1 is 1.54 bits per heavy atom. The summed E-state index contributed by atoms with van der Waals surface area (Å²) in [6.45, 7) is 4.48. The van der Waals surface area contributed by atoms with E-state index in [0.717, 1.165) is 6.42 Å². The van der Waals surface area contributed by atoms with E-state index in [-0.39, 0.29) is 23.7 Å². The molecule has 0 aromatic heterocycles. The third-order valence-electron chi connectivity index (χ3n) is 3.79. The third-order valence-corrected chi connectivity index (χ3v) is 3.79. The van der Waals surface area contributed by atoms with E-state index >= 15 is 0 Å². The zero-order chi connectivity index (χ0) is 9.64. The Morgan fingerprint density at radius 2 is 2.23 bits per heavy atom. The van der Waals surface area contributed by atoms with Crippen LogP contribution in [0.25, 0.3) is 0 Å². The van der Waals surface area contributed by atoms with Crippen LogP contribution < -0.4 is 0 Å². The number of hydrogen-bond donors (Lipinski definition) is 1. The Labute approximate surface area is 78.6 Å². The summed E-state index contributed by atoms with van der Waals surface area (Å²) >= 11 is 0. The molecule has 2 nitrogen and oxygen atoms in total. The van der Waals surface area contributed by atoms with Gasteiger partial charge in [-0.3, -0.25) is 4.79 Å². The summed E-state index contributed by atoms with van der Waals surface area (Å²) in [6.07, 6.45) is 3.45. The molecule has 2 heteroatoms. The Bertz CT molecular complexity index is 276. The van der Waals surface area contributed by atoms with Crippen LogP contribution in [0.15, 0.2) is 11.6 Å². The second-order valence-corrected chi connectivity index (χ2v) is 4.76. The van der Waals surface area contributed by atoms with Gasteiger partial charge in [0.05, 0.1) is 0 Å². The Hall–Kier alpha value is -0.630. The maximum Gasteiger partial charge on any atom is 0.159 e. The molecule has 1 fully saturated rings. The number of rotatable bonds is 2. The molecule has 0 aromatic rings. The van der Waals surface area contributed by atoms with Crippen molar-refractivity contribution in [2.75, 3.05) is 6.61 Å². The Morgan fingerprint density at radius 3 is 2.69 bits per heavy atom. The second kappa shape index (κ2) is 2.68. The number of aliphatic hydroxyl groups excluding tert-OH is 1. The first kappa shape index (κ1) is 8.95. The summed E-state index contributed by atoms with van der Waals surface area (Å²) in [6, 6.07) is 0. The predicted molar refractivity (Wildman–Crippen MR) is 50.2 cm³/mol. The number of carbonyl (C=O) groups is 1. The first-order chi connectivity index (χ1) is 6.07. The van der Waals surface area contributed by atoms with E-state index in [1.54, 1.807) is 6.08 Å². The van der Waals surface area contributed by atoms with Gasteiger partial charge in [-0.1, -0.05) is 19.4 Å². The predicted octanol–water partition coefficient (Wildman–Crippen LogP) is 1.54. The van der Waals surface area contributed by atoms with Gasteiger partial charge in [0.1, 0.15) is 0 Å². The largest absolute Gasteiger partial charge is 0.396 e. The lowest BCUT2D eigenvalue weighted by molar-refractivity contribution is -0.134. The van der Waals surface area contributed by atoms with E-state index in [9.17, 15) is 4.79 Å². The molecule has 0 aromatic carbocycles. The summed E-state index contributed by atoms with van der Waals surface area (Å²) in [7, 11) is 0. The van der Waals surface area contributed by atoms with Gasteiger partial charge in [-0.05, 0) is 30.3 Å². The molecule has 0 saturated heterocycles. The van der Waals surface area contributed by atoms with Crippen LogP contribution in [0.3, 0.4) is 0 Å². The highest BCUT2D eigenvalue weighted by Gasteiger charge is 2.54. The normalized spacial score (nSPS) is 35.3. The molecule has 1 N–H and O–H groups in total. The summed E-state index contributed by atoms with van der Waals surface area (Å²) in [5.74, 6) is 1.07. The molecule has 0 radical (unpaired) electrons. The lowest BCUT2D eigenvalue weighted by Gasteiger charge is -2.55. The highest BCUT2D eigenvalue weighted by Crippen LogP contribution is 2.58. The average Bonchev–Trinajstić information content (AvgIpc) is 2.03. The van der Waals surface area contributed by atoms with E-state index in [4.69, 9.17) is 5.11 Å². The van der Waals surface area contributed by atoms with Gasteiger partial charge in [0.25, 0.3) is 0 Å². The van der Waals surface area contributed by atoms with Crippen molar-refractivity contribution in [3.8, 4) is 0 Å². The molecule has 0 spiro atoms. The standard InChI is InChI=1S/C11H16O2/c1-11(2)8-6-9(11)10(13)5-7(8)3-4-12/h5,8-9,12H,3-4,6H2,1-2H3/t8-,9+/m0/s1. The molecule has 2 atom stereocenters. The summed E-state index contributed by atoms with van der Waals surface area (Å²) < 4.78 is 0. The van der Waals surface area contributed by atoms with Crippen LogP contribution in [0, 0.1) is 17.3 Å². The topological polar surface area (TPSA) is 37.3 Å². The van der Waals surface area contributed by atoms with Crippen LogP contribution in [0.4, 0.5) is 0 Å². The molecular weight excluding hydrogens is 164 g/mol. The molecule has 0 heterocycles. The van der Waals surface area contributed by atoms with Crippen LogP contribution in [-0.2, 0) is 4.79 Å². The van der Waals surface area contributed by atoms with E-state index in [2.05, 4.69) is 13.8 Å². The Kier molecular flexibility index (Phi) is 1.84. The van der Waals surface area contributed by atoms with E-state index in [1.165, 1.54) is 5.57 Å². The summed E-state index contributed by atoms with van der Waals surface area (Å²) in [5, 5.41) is 8.86. The van der Waals surface area contributed by atoms with Gasteiger partial charge in [0.2, 0.25) is 0 Å². The molecule has 3 rings (SSSR count). The first-order valence-corrected chi connectivity index (χ1v) is 4.92. The van der Waals surface area contributed by atoms with Crippen LogP contribution in [0.1, 0.15) is 26.7 Å². The van der Waals surface area contributed by atoms with Crippen LogP contribution in [-0.4, -0.2) is 17.5 Å². The van der Waals surface area contributed by atoms with Gasteiger partial charge < -0.3 is 5.11 Å². The minimum absolute atomic E-state index is 0.149. The van der Waals surface area contributed by atoms with E-state index in [0.29, 0.717) is 12.3 Å². The maximum absolute atomic E-state index is 11.6. The molecule has 2 bridgehead atoms. The monoisotopic (exact) mass is 180 g/mol. The third kappa shape index (κ3) is 1.08. The molecule has 0 unspecified atom stereocenters. The van der Waals surface area contributed by atoms with Crippen molar-refractivity contribution in [1.82, 2.24) is 0 Å². The van der Waals surface area contributed by atoms with E-state index < -0.39 is 0 Å². The first-order valence-electron chi connectivity index (χ1n) is 4.92. The maximum atomic E-state index is 11.6. The fourth-order valence-corrected chi connectivity index (χ4v) is 2.80. The average molecular weight is 180 g/mol. The van der Waals surface area contributed by atoms with Gasteiger partial charge in [-0.15, -0.1) is 0 Å². The van der Waals surface area contributed by atoms with Crippen molar-refractivity contribution in [2.24, 2.45) is 17.3 Å². The van der Waals surface area contributed by atoms with Gasteiger partial charge in [-0.2, -0.15) is 0 Å². The smallest absolute Gasteiger partial charge is 0.159 e. The molecule has 0 amide bonds. The number of hydrogen-bond acceptors (Lipinski definition) is 2. The van der Waals surface area contributed by atoms with Gasteiger partial charge >= 0.3 is 0 Å². The molecule has 3 aliphatic rings. The van der Waals surface area contributed by atoms with Crippen molar-refractivity contribution in [3.63, 3.8) is 0 Å². The molecule has 1 saturated carbocycles. The zero-order valence-electron chi connectivity index (χ0n) is 8.21. The molecular formula is C11H16O2. The molecule has 13 heavy (non-hydrogen) atoms. The lowest BCUT2D eigenvalue weighted by Crippen LogP contribution is -2.52. The quantitative estimate of drug-likeness (QED) is 0.700. The summed E-state index contributed by atoms with van der Waals surface area (Å²) in [4.78, 5) is 11.6. The van der Waals surface area contributed by atoms with Crippen LogP contribution in [0.5, 0.6) is 0 Å². The number of ketones is 1. The second-order valence-electron chi connectivity index (χ2n) is 4.76.